The van der Waals surface area contributed by atoms with Gasteiger partial charge in [0.1, 0.15) is 10.1 Å². The van der Waals surface area contributed by atoms with E-state index >= 15 is 0 Å². The minimum Gasteiger partial charge on any atom is -0.395 e. The monoisotopic (exact) mass is 393 g/mol. The summed E-state index contributed by atoms with van der Waals surface area (Å²) in [6.07, 6.45) is 3.44. The van der Waals surface area contributed by atoms with Crippen LogP contribution in [0.25, 0.3) is 6.08 Å². The maximum atomic E-state index is 12.5. The Hall–Kier alpha value is -3.14. The molecule has 0 bridgehead atoms. The second-order valence-corrected chi connectivity index (χ2v) is 6.24. The number of rotatable bonds is 4. The summed E-state index contributed by atoms with van der Waals surface area (Å²) in [5, 5.41) is 17.7. The van der Waals surface area contributed by atoms with Crippen LogP contribution < -0.4 is 0 Å². The summed E-state index contributed by atoms with van der Waals surface area (Å²) < 4.78 is 6.43. The molecule has 2 aromatic heterocycles. The van der Waals surface area contributed by atoms with Crippen LogP contribution in [-0.2, 0) is 11.8 Å². The van der Waals surface area contributed by atoms with Gasteiger partial charge < -0.3 is 4.42 Å². The van der Waals surface area contributed by atoms with Crippen molar-refractivity contribution in [2.24, 2.45) is 7.05 Å². The standard InChI is InChI=1S/C16H16ClN5O5/c1-10-11(15(17)19(2)18-10)4-6-13(23)20-8-3-9-21(20)16(24)12-5-7-14(27-12)22(25)26/h4-7H,3,8-9H2,1-2H3/b6-4+. The third-order valence-corrected chi connectivity index (χ3v) is 4.54. The van der Waals surface area contributed by atoms with Crippen LogP contribution in [0.5, 0.6) is 0 Å². The number of hydrazine groups is 1. The second-order valence-electron chi connectivity index (χ2n) is 5.89. The number of hydrogen-bond donors (Lipinski definition) is 0. The lowest BCUT2D eigenvalue weighted by Gasteiger charge is -2.25. The maximum absolute atomic E-state index is 12.5. The molecule has 1 aliphatic heterocycles. The van der Waals surface area contributed by atoms with Crippen LogP contribution in [0.2, 0.25) is 5.15 Å². The predicted molar refractivity (Wildman–Crippen MR) is 94.7 cm³/mol. The fourth-order valence-corrected chi connectivity index (χ4v) is 3.03. The average molecular weight is 394 g/mol. The molecule has 2 aromatic rings. The van der Waals surface area contributed by atoms with Crippen molar-refractivity contribution in [2.75, 3.05) is 13.1 Å². The summed E-state index contributed by atoms with van der Waals surface area (Å²) in [5.74, 6) is -1.76. The second kappa shape index (κ2) is 7.23. The Morgan fingerprint density at radius 2 is 2.04 bits per heavy atom. The van der Waals surface area contributed by atoms with E-state index in [1.807, 2.05) is 0 Å². The van der Waals surface area contributed by atoms with Gasteiger partial charge in [0.15, 0.2) is 0 Å². The molecule has 0 saturated carbocycles. The van der Waals surface area contributed by atoms with Crippen molar-refractivity contribution >= 4 is 35.4 Å². The molecule has 3 rings (SSSR count). The van der Waals surface area contributed by atoms with E-state index in [-0.39, 0.29) is 5.76 Å². The van der Waals surface area contributed by atoms with Gasteiger partial charge in [-0.2, -0.15) is 5.10 Å². The van der Waals surface area contributed by atoms with E-state index in [0.717, 1.165) is 6.07 Å². The number of halogens is 1. The summed E-state index contributed by atoms with van der Waals surface area (Å²) >= 11 is 6.14. The van der Waals surface area contributed by atoms with Crippen molar-refractivity contribution < 1.29 is 18.9 Å². The van der Waals surface area contributed by atoms with Gasteiger partial charge in [-0.3, -0.25) is 24.4 Å². The highest BCUT2D eigenvalue weighted by Crippen LogP contribution is 2.22. The lowest BCUT2D eigenvalue weighted by molar-refractivity contribution is -0.402. The van der Waals surface area contributed by atoms with Gasteiger partial charge in [-0.15, -0.1) is 0 Å². The number of carbonyl (C=O) groups is 2. The molecule has 27 heavy (non-hydrogen) atoms. The van der Waals surface area contributed by atoms with Gasteiger partial charge in [0.05, 0.1) is 11.8 Å². The Morgan fingerprint density at radius 3 is 2.63 bits per heavy atom. The van der Waals surface area contributed by atoms with Crippen LogP contribution in [0.1, 0.15) is 28.2 Å². The van der Waals surface area contributed by atoms with Crippen molar-refractivity contribution in [3.05, 3.63) is 50.5 Å². The highest BCUT2D eigenvalue weighted by molar-refractivity contribution is 6.31. The average Bonchev–Trinajstić information content (AvgIpc) is 3.34. The number of nitrogens with zero attached hydrogens (tertiary/aromatic N) is 5. The smallest absolute Gasteiger partial charge is 0.395 e. The normalized spacial score (nSPS) is 14.3. The first-order valence-corrected chi connectivity index (χ1v) is 8.42. The molecule has 1 saturated heterocycles. The van der Waals surface area contributed by atoms with Crippen molar-refractivity contribution in [1.82, 2.24) is 19.8 Å². The Bertz CT molecular complexity index is 947. The van der Waals surface area contributed by atoms with Crippen LogP contribution in [0.15, 0.2) is 22.6 Å². The summed E-state index contributed by atoms with van der Waals surface area (Å²) in [6, 6.07) is 2.32. The lowest BCUT2D eigenvalue weighted by Crippen LogP contribution is -2.44. The van der Waals surface area contributed by atoms with Crippen molar-refractivity contribution in [3.63, 3.8) is 0 Å². The van der Waals surface area contributed by atoms with Gasteiger partial charge >= 0.3 is 11.8 Å². The van der Waals surface area contributed by atoms with Gasteiger partial charge in [-0.1, -0.05) is 11.6 Å². The molecular weight excluding hydrogens is 378 g/mol. The Morgan fingerprint density at radius 1 is 1.33 bits per heavy atom. The molecule has 0 N–H and O–H groups in total. The molecule has 1 fully saturated rings. The molecule has 1 aliphatic rings. The lowest BCUT2D eigenvalue weighted by atomic mass is 10.2. The molecule has 2 amide bonds. The van der Waals surface area contributed by atoms with E-state index in [4.69, 9.17) is 16.0 Å². The Kier molecular flexibility index (Phi) is 5.00. The van der Waals surface area contributed by atoms with Gasteiger partial charge in [-0.25, -0.2) is 10.0 Å². The van der Waals surface area contributed by atoms with Crippen LogP contribution in [-0.4, -0.2) is 49.6 Å². The Balaban J connectivity index is 1.76. The molecule has 142 valence electrons. The van der Waals surface area contributed by atoms with E-state index < -0.39 is 22.6 Å². The van der Waals surface area contributed by atoms with Crippen molar-refractivity contribution in [1.29, 1.82) is 0 Å². The summed E-state index contributed by atoms with van der Waals surface area (Å²) in [5.41, 5.74) is 1.29. The molecule has 0 radical (unpaired) electrons. The summed E-state index contributed by atoms with van der Waals surface area (Å²) in [4.78, 5) is 35.1. The quantitative estimate of drug-likeness (QED) is 0.446. The molecule has 0 unspecified atom stereocenters. The minimum atomic E-state index is -0.730. The number of aryl methyl sites for hydroxylation is 2. The first-order chi connectivity index (χ1) is 12.8. The van der Waals surface area contributed by atoms with Gasteiger partial charge in [0, 0.05) is 31.8 Å². The molecule has 0 aliphatic carbocycles. The number of carbonyl (C=O) groups excluding carboxylic acids is 2. The number of amides is 2. The van der Waals surface area contributed by atoms with Gasteiger partial charge in [-0.05, 0) is 25.5 Å². The third-order valence-electron chi connectivity index (χ3n) is 4.09. The summed E-state index contributed by atoms with van der Waals surface area (Å²) in [7, 11) is 1.69. The van der Waals surface area contributed by atoms with Crippen LogP contribution >= 0.6 is 11.6 Å². The van der Waals surface area contributed by atoms with Crippen LogP contribution in [0, 0.1) is 17.0 Å². The van der Waals surface area contributed by atoms with Gasteiger partial charge in [0.25, 0.3) is 5.91 Å². The molecule has 0 spiro atoms. The van der Waals surface area contributed by atoms with Crippen LogP contribution in [0.4, 0.5) is 5.88 Å². The topological polar surface area (TPSA) is 115 Å². The highest BCUT2D eigenvalue weighted by atomic mass is 35.5. The maximum Gasteiger partial charge on any atom is 0.433 e. The largest absolute Gasteiger partial charge is 0.433 e. The van der Waals surface area contributed by atoms with E-state index in [1.165, 1.54) is 26.8 Å². The minimum absolute atomic E-state index is 0.198. The highest BCUT2D eigenvalue weighted by Gasteiger charge is 2.32. The number of nitro groups is 1. The Labute approximate surface area is 158 Å². The number of hydrogen-bond acceptors (Lipinski definition) is 6. The molecule has 11 heteroatoms. The number of furan rings is 1. The van der Waals surface area contributed by atoms with Gasteiger partial charge in [0.2, 0.25) is 5.76 Å². The van der Waals surface area contributed by atoms with E-state index in [2.05, 4.69) is 5.10 Å². The van der Waals surface area contributed by atoms with Crippen molar-refractivity contribution in [3.8, 4) is 0 Å². The molecule has 0 atom stereocenters. The fourth-order valence-electron chi connectivity index (χ4n) is 2.80. The first-order valence-electron chi connectivity index (χ1n) is 8.04. The van der Waals surface area contributed by atoms with Crippen molar-refractivity contribution in [2.45, 2.75) is 13.3 Å². The molecule has 3 heterocycles. The number of aromatic nitrogens is 2. The molecule has 10 nitrogen and oxygen atoms in total. The van der Waals surface area contributed by atoms with Crippen LogP contribution in [0.3, 0.4) is 0 Å². The first kappa shape index (κ1) is 18.6. The van der Waals surface area contributed by atoms with E-state index in [1.54, 1.807) is 20.0 Å². The third kappa shape index (κ3) is 3.56. The zero-order valence-electron chi connectivity index (χ0n) is 14.6. The fraction of sp³-hybridized carbons (Fsp3) is 0.312. The SMILES string of the molecule is Cc1nn(C)c(Cl)c1/C=C/C(=O)N1CCCN1C(=O)c1ccc([N+](=O)[O-])o1. The predicted octanol–water partition coefficient (Wildman–Crippen LogP) is 2.19. The molecular formula is C16H16ClN5O5. The van der Waals surface area contributed by atoms with E-state index in [9.17, 15) is 19.7 Å². The summed E-state index contributed by atoms with van der Waals surface area (Å²) in [6.45, 7) is 2.42. The molecule has 0 aromatic carbocycles. The zero-order chi connectivity index (χ0) is 19.7. The van der Waals surface area contributed by atoms with E-state index in [0.29, 0.717) is 35.9 Å². The zero-order valence-corrected chi connectivity index (χ0v) is 15.3.